The average Bonchev–Trinajstić information content (AvgIpc) is 2.83. The van der Waals surface area contributed by atoms with E-state index >= 15 is 0 Å². The quantitative estimate of drug-likeness (QED) is 0.452. The molecular weight excluding hydrogens is 519 g/mol. The Morgan fingerprint density at radius 2 is 1.05 bits per heavy atom. The zero-order valence-corrected chi connectivity index (χ0v) is 22.1. The van der Waals surface area contributed by atoms with Crippen molar-refractivity contribution in [2.24, 2.45) is 9.98 Å². The van der Waals surface area contributed by atoms with Crippen LogP contribution in [0.15, 0.2) is 70.6 Å². The number of aliphatic carboxylic acids is 2. The van der Waals surface area contributed by atoms with Gasteiger partial charge in [0.2, 0.25) is 0 Å². The Morgan fingerprint density at radius 3 is 1.35 bits per heavy atom. The van der Waals surface area contributed by atoms with Gasteiger partial charge in [-0.2, -0.15) is 0 Å². The molecule has 0 amide bonds. The van der Waals surface area contributed by atoms with Crippen LogP contribution >= 0.6 is 0 Å². The van der Waals surface area contributed by atoms with Gasteiger partial charge in [0.1, 0.15) is 11.5 Å². The van der Waals surface area contributed by atoms with Crippen molar-refractivity contribution < 1.29 is 46.8 Å². The molecule has 0 unspecified atom stereocenters. The van der Waals surface area contributed by atoms with E-state index in [0.717, 1.165) is 37.8 Å². The standard InChI is InChI=1S/C24H24N2O2.2C2H4O2.Co/c1-3-17-9-11-23(27)19(13-17)15-25-21-7-5-6-8-22(21)26-16-20-14-18(4-2)10-12-24(20)28;2*1-2(3)4;/h5-16,27-28H,3-4H2,1-2H3;2*1H3,(H,3,4);/q;;;+2/p-2. The first-order valence-electron chi connectivity index (χ1n) is 11.2. The summed E-state index contributed by atoms with van der Waals surface area (Å²) in [5, 5.41) is 37.9. The van der Waals surface area contributed by atoms with Crippen LogP contribution in [0.5, 0.6) is 11.5 Å². The number of carbonyl (C=O) groups excluding carboxylic acids is 2. The molecule has 0 aliphatic rings. The average molecular weight is 549 g/mol. The number of carboxylic acids is 2. The van der Waals surface area contributed by atoms with E-state index in [9.17, 15) is 10.2 Å². The fourth-order valence-electron chi connectivity index (χ4n) is 2.82. The van der Waals surface area contributed by atoms with Crippen LogP contribution in [0.1, 0.15) is 49.9 Å². The molecular formula is C28H30CoN2O6. The molecule has 37 heavy (non-hydrogen) atoms. The molecule has 0 aromatic heterocycles. The molecule has 197 valence electrons. The Hall–Kier alpha value is -3.95. The van der Waals surface area contributed by atoms with Gasteiger partial charge in [0.25, 0.3) is 0 Å². The van der Waals surface area contributed by atoms with Crippen molar-refractivity contribution in [3.05, 3.63) is 82.9 Å². The third kappa shape index (κ3) is 13.1. The van der Waals surface area contributed by atoms with E-state index in [1.807, 2.05) is 48.5 Å². The second-order valence-corrected chi connectivity index (χ2v) is 7.48. The molecule has 3 aromatic carbocycles. The van der Waals surface area contributed by atoms with Crippen molar-refractivity contribution in [3.63, 3.8) is 0 Å². The summed E-state index contributed by atoms with van der Waals surface area (Å²) in [6.45, 7) is 6.08. The number of rotatable bonds is 6. The number of para-hydroxylation sites is 2. The van der Waals surface area contributed by atoms with Crippen molar-refractivity contribution in [1.29, 1.82) is 0 Å². The summed E-state index contributed by atoms with van der Waals surface area (Å²) < 4.78 is 0. The van der Waals surface area contributed by atoms with Gasteiger partial charge in [-0.3, -0.25) is 9.98 Å². The number of aliphatic imine (C=N–C) groups is 2. The van der Waals surface area contributed by atoms with Gasteiger partial charge in [0, 0.05) is 35.5 Å². The van der Waals surface area contributed by atoms with Crippen LogP contribution < -0.4 is 10.2 Å². The molecule has 0 aliphatic carbocycles. The molecule has 9 heteroatoms. The van der Waals surface area contributed by atoms with Crippen LogP contribution in [0, 0.1) is 0 Å². The van der Waals surface area contributed by atoms with E-state index in [2.05, 4.69) is 23.8 Å². The maximum atomic E-state index is 10.1. The first kappa shape index (κ1) is 33.0. The second-order valence-electron chi connectivity index (χ2n) is 7.48. The molecule has 0 aliphatic heterocycles. The maximum Gasteiger partial charge on any atom is 2.00 e. The molecule has 3 rings (SSSR count). The van der Waals surface area contributed by atoms with E-state index in [-0.39, 0.29) is 28.3 Å². The summed E-state index contributed by atoms with van der Waals surface area (Å²) in [5.41, 5.74) is 4.99. The predicted molar refractivity (Wildman–Crippen MR) is 137 cm³/mol. The number of aromatic hydroxyl groups is 2. The predicted octanol–water partition coefficient (Wildman–Crippen LogP) is 3.23. The van der Waals surface area contributed by atoms with Gasteiger partial charge in [-0.15, -0.1) is 0 Å². The van der Waals surface area contributed by atoms with Crippen molar-refractivity contribution in [1.82, 2.24) is 0 Å². The first-order valence-corrected chi connectivity index (χ1v) is 11.2. The molecule has 0 fully saturated rings. The van der Waals surface area contributed by atoms with E-state index in [4.69, 9.17) is 19.8 Å². The molecule has 3 aromatic rings. The molecule has 8 nitrogen and oxygen atoms in total. The molecule has 2 N–H and O–H groups in total. The van der Waals surface area contributed by atoms with Crippen LogP contribution in [0.3, 0.4) is 0 Å². The summed E-state index contributed by atoms with van der Waals surface area (Å²) in [4.78, 5) is 26.8. The van der Waals surface area contributed by atoms with Crippen LogP contribution in [-0.4, -0.2) is 34.6 Å². The van der Waals surface area contributed by atoms with E-state index in [0.29, 0.717) is 22.5 Å². The van der Waals surface area contributed by atoms with Crippen LogP contribution in [0.25, 0.3) is 0 Å². The fourth-order valence-corrected chi connectivity index (χ4v) is 2.82. The number of phenols is 2. The number of nitrogens with zero attached hydrogens (tertiary/aromatic N) is 2. The van der Waals surface area contributed by atoms with Gasteiger partial charge in [-0.05, 0) is 74.2 Å². The van der Waals surface area contributed by atoms with Gasteiger partial charge in [0.15, 0.2) is 0 Å². The Labute approximate surface area is 227 Å². The number of aryl methyl sites for hydroxylation is 2. The third-order valence-electron chi connectivity index (χ3n) is 4.57. The van der Waals surface area contributed by atoms with E-state index in [1.165, 1.54) is 0 Å². The maximum absolute atomic E-state index is 10.1. The summed E-state index contributed by atoms with van der Waals surface area (Å²) in [7, 11) is 0. The topological polar surface area (TPSA) is 145 Å². The molecule has 1 radical (unpaired) electrons. The Kier molecular flexibility index (Phi) is 15.6. The Balaban J connectivity index is 0.00000127. The molecule has 0 heterocycles. The van der Waals surface area contributed by atoms with Gasteiger partial charge < -0.3 is 30.0 Å². The number of hydrogen-bond donors (Lipinski definition) is 2. The SMILES string of the molecule is CC(=O)[O-].CC(=O)[O-].CCc1ccc(O)c(C=Nc2ccccc2N=Cc2cc(CC)ccc2O)c1.[Co+2]. The first-order chi connectivity index (χ1) is 17.1. The largest absolute Gasteiger partial charge is 2.00 e. The Morgan fingerprint density at radius 1 is 0.730 bits per heavy atom. The van der Waals surface area contributed by atoms with Gasteiger partial charge in [-0.25, -0.2) is 0 Å². The minimum Gasteiger partial charge on any atom is -0.550 e. The normalized spacial score (nSPS) is 10.1. The molecule has 0 atom stereocenters. The number of carboxylic acid groups (broad SMARTS) is 2. The minimum absolute atomic E-state index is 0. The summed E-state index contributed by atoms with van der Waals surface area (Å²) >= 11 is 0. The van der Waals surface area contributed by atoms with Gasteiger partial charge in [0.05, 0.1) is 11.4 Å². The van der Waals surface area contributed by atoms with Crippen molar-refractivity contribution in [2.45, 2.75) is 40.5 Å². The van der Waals surface area contributed by atoms with E-state index < -0.39 is 11.9 Å². The molecule has 0 saturated carbocycles. The monoisotopic (exact) mass is 549 g/mol. The second kappa shape index (κ2) is 17.5. The summed E-state index contributed by atoms with van der Waals surface area (Å²) in [6, 6.07) is 18.6. The summed E-state index contributed by atoms with van der Waals surface area (Å²) in [5.74, 6) is -1.77. The third-order valence-corrected chi connectivity index (χ3v) is 4.57. The number of carbonyl (C=O) groups is 2. The zero-order valence-electron chi connectivity index (χ0n) is 21.1. The Bertz CT molecular complexity index is 1120. The number of hydrogen-bond acceptors (Lipinski definition) is 8. The number of phenolic OH excluding ortho intramolecular Hbond substituents is 2. The zero-order chi connectivity index (χ0) is 27.1. The molecule has 0 spiro atoms. The van der Waals surface area contributed by atoms with Gasteiger partial charge >= 0.3 is 16.8 Å². The van der Waals surface area contributed by atoms with Crippen LogP contribution in [-0.2, 0) is 39.2 Å². The minimum atomic E-state index is -1.08. The van der Waals surface area contributed by atoms with Gasteiger partial charge in [-0.1, -0.05) is 38.1 Å². The molecule has 0 saturated heterocycles. The smallest absolute Gasteiger partial charge is 0.550 e. The van der Waals surface area contributed by atoms with Crippen LogP contribution in [0.2, 0.25) is 0 Å². The van der Waals surface area contributed by atoms with E-state index in [1.54, 1.807) is 24.6 Å². The van der Waals surface area contributed by atoms with Crippen LogP contribution in [0.4, 0.5) is 11.4 Å². The van der Waals surface area contributed by atoms with Crippen molar-refractivity contribution in [2.75, 3.05) is 0 Å². The van der Waals surface area contributed by atoms with Crippen molar-refractivity contribution >= 4 is 35.7 Å². The molecule has 0 bridgehead atoms. The van der Waals surface area contributed by atoms with Crippen molar-refractivity contribution in [3.8, 4) is 11.5 Å². The summed E-state index contributed by atoms with van der Waals surface area (Å²) in [6.07, 6.45) is 5.08. The fraction of sp³-hybridized carbons (Fsp3) is 0.214. The number of benzene rings is 3.